The van der Waals surface area contributed by atoms with Crippen molar-refractivity contribution in [3.63, 3.8) is 0 Å². The predicted octanol–water partition coefficient (Wildman–Crippen LogP) is 0.953. The molecule has 2 unspecified atom stereocenters. The SMILES string of the molecule is NCCC1CCCCN1CC1CCOCO1. The van der Waals surface area contributed by atoms with E-state index in [-0.39, 0.29) is 0 Å². The number of nitrogens with zero attached hydrogens (tertiary/aromatic N) is 1. The Balaban J connectivity index is 1.80. The van der Waals surface area contributed by atoms with Crippen LogP contribution >= 0.6 is 0 Å². The second kappa shape index (κ2) is 6.55. The van der Waals surface area contributed by atoms with Crippen LogP contribution in [0.2, 0.25) is 0 Å². The molecule has 2 saturated heterocycles. The van der Waals surface area contributed by atoms with Crippen molar-refractivity contribution in [1.82, 2.24) is 4.90 Å². The average Bonchev–Trinajstić information content (AvgIpc) is 2.33. The zero-order valence-corrected chi connectivity index (χ0v) is 10.1. The summed E-state index contributed by atoms with van der Waals surface area (Å²) in [6, 6.07) is 0.685. The Labute approximate surface area is 98.1 Å². The van der Waals surface area contributed by atoms with Crippen LogP contribution in [0.15, 0.2) is 0 Å². The molecule has 16 heavy (non-hydrogen) atoms. The van der Waals surface area contributed by atoms with Gasteiger partial charge in [0.25, 0.3) is 0 Å². The molecule has 94 valence electrons. The van der Waals surface area contributed by atoms with Gasteiger partial charge in [-0.05, 0) is 38.8 Å². The number of piperidine rings is 1. The fourth-order valence-electron chi connectivity index (χ4n) is 2.73. The molecular weight excluding hydrogens is 204 g/mol. The van der Waals surface area contributed by atoms with E-state index in [0.717, 1.165) is 32.5 Å². The molecule has 4 heteroatoms. The lowest BCUT2D eigenvalue weighted by molar-refractivity contribution is -0.147. The first-order valence-electron chi connectivity index (χ1n) is 6.53. The highest BCUT2D eigenvalue weighted by molar-refractivity contribution is 4.79. The van der Waals surface area contributed by atoms with Crippen LogP contribution in [-0.4, -0.2) is 50.1 Å². The molecule has 0 amide bonds. The molecule has 2 N–H and O–H groups in total. The maximum Gasteiger partial charge on any atom is 0.147 e. The molecule has 0 spiro atoms. The predicted molar refractivity (Wildman–Crippen MR) is 63.2 cm³/mol. The Morgan fingerprint density at radius 3 is 2.94 bits per heavy atom. The molecule has 0 aromatic rings. The second-order valence-electron chi connectivity index (χ2n) is 4.83. The molecule has 2 aliphatic rings. The zero-order chi connectivity index (χ0) is 11.2. The van der Waals surface area contributed by atoms with Crippen molar-refractivity contribution in [3.8, 4) is 0 Å². The first-order chi connectivity index (χ1) is 7.90. The quantitative estimate of drug-likeness (QED) is 0.778. The third-order valence-electron chi connectivity index (χ3n) is 3.66. The van der Waals surface area contributed by atoms with Gasteiger partial charge in [0.05, 0.1) is 12.7 Å². The fraction of sp³-hybridized carbons (Fsp3) is 1.00. The summed E-state index contributed by atoms with van der Waals surface area (Å²) in [7, 11) is 0. The second-order valence-corrected chi connectivity index (χ2v) is 4.83. The van der Waals surface area contributed by atoms with Crippen LogP contribution in [0.25, 0.3) is 0 Å². The van der Waals surface area contributed by atoms with Crippen LogP contribution in [-0.2, 0) is 9.47 Å². The van der Waals surface area contributed by atoms with Crippen LogP contribution in [0.4, 0.5) is 0 Å². The van der Waals surface area contributed by atoms with Gasteiger partial charge in [-0.2, -0.15) is 0 Å². The van der Waals surface area contributed by atoms with Gasteiger partial charge in [-0.3, -0.25) is 4.90 Å². The smallest absolute Gasteiger partial charge is 0.147 e. The number of ether oxygens (including phenoxy) is 2. The molecule has 2 heterocycles. The summed E-state index contributed by atoms with van der Waals surface area (Å²) in [6.45, 7) is 4.40. The Kier molecular flexibility index (Phi) is 5.03. The molecule has 2 atom stereocenters. The van der Waals surface area contributed by atoms with Gasteiger partial charge >= 0.3 is 0 Å². The minimum absolute atomic E-state index is 0.368. The minimum atomic E-state index is 0.368. The average molecular weight is 228 g/mol. The molecule has 0 radical (unpaired) electrons. The van der Waals surface area contributed by atoms with Crippen molar-refractivity contribution in [2.75, 3.05) is 33.0 Å². The lowest BCUT2D eigenvalue weighted by Gasteiger charge is -2.38. The van der Waals surface area contributed by atoms with Gasteiger partial charge < -0.3 is 15.2 Å². The fourth-order valence-corrected chi connectivity index (χ4v) is 2.73. The number of rotatable bonds is 4. The van der Waals surface area contributed by atoms with Gasteiger partial charge in [-0.25, -0.2) is 0 Å². The van der Waals surface area contributed by atoms with Crippen LogP contribution < -0.4 is 5.73 Å². The third kappa shape index (κ3) is 3.42. The van der Waals surface area contributed by atoms with Gasteiger partial charge in [0, 0.05) is 12.6 Å². The topological polar surface area (TPSA) is 47.7 Å². The highest BCUT2D eigenvalue weighted by Crippen LogP contribution is 2.21. The van der Waals surface area contributed by atoms with E-state index in [1.807, 2.05) is 0 Å². The van der Waals surface area contributed by atoms with E-state index in [9.17, 15) is 0 Å². The van der Waals surface area contributed by atoms with Gasteiger partial charge in [0.1, 0.15) is 6.79 Å². The zero-order valence-electron chi connectivity index (χ0n) is 10.1. The number of hydrogen-bond donors (Lipinski definition) is 1. The molecule has 2 fully saturated rings. The minimum Gasteiger partial charge on any atom is -0.355 e. The van der Waals surface area contributed by atoms with Crippen LogP contribution in [0.1, 0.15) is 32.1 Å². The van der Waals surface area contributed by atoms with Crippen LogP contribution in [0.5, 0.6) is 0 Å². The van der Waals surface area contributed by atoms with Crippen molar-refractivity contribution in [1.29, 1.82) is 0 Å². The molecule has 0 aromatic carbocycles. The van der Waals surface area contributed by atoms with E-state index >= 15 is 0 Å². The van der Waals surface area contributed by atoms with E-state index in [4.69, 9.17) is 15.2 Å². The van der Waals surface area contributed by atoms with Crippen molar-refractivity contribution in [3.05, 3.63) is 0 Å². The molecule has 4 nitrogen and oxygen atoms in total. The van der Waals surface area contributed by atoms with Crippen LogP contribution in [0, 0.1) is 0 Å². The van der Waals surface area contributed by atoms with E-state index in [2.05, 4.69) is 4.90 Å². The number of likely N-dealkylation sites (tertiary alicyclic amines) is 1. The van der Waals surface area contributed by atoms with Gasteiger partial charge in [0.15, 0.2) is 0 Å². The van der Waals surface area contributed by atoms with Crippen molar-refractivity contribution >= 4 is 0 Å². The molecular formula is C12H24N2O2. The van der Waals surface area contributed by atoms with Crippen molar-refractivity contribution in [2.24, 2.45) is 5.73 Å². The first-order valence-corrected chi connectivity index (χ1v) is 6.53. The Morgan fingerprint density at radius 1 is 1.25 bits per heavy atom. The lowest BCUT2D eigenvalue weighted by Crippen LogP contribution is -2.46. The molecule has 0 aliphatic carbocycles. The summed E-state index contributed by atoms with van der Waals surface area (Å²) in [4.78, 5) is 2.58. The maximum absolute atomic E-state index is 5.68. The monoisotopic (exact) mass is 228 g/mol. The van der Waals surface area contributed by atoms with Crippen molar-refractivity contribution < 1.29 is 9.47 Å². The highest BCUT2D eigenvalue weighted by atomic mass is 16.7. The summed E-state index contributed by atoms with van der Waals surface area (Å²) < 4.78 is 10.8. The maximum atomic E-state index is 5.68. The standard InChI is InChI=1S/C12H24N2O2/c13-6-4-11-3-1-2-7-14(11)9-12-5-8-15-10-16-12/h11-12H,1-10,13H2. The first kappa shape index (κ1) is 12.3. The molecule has 2 rings (SSSR count). The number of nitrogens with two attached hydrogens (primary N) is 1. The van der Waals surface area contributed by atoms with Gasteiger partial charge in [-0.15, -0.1) is 0 Å². The Hall–Kier alpha value is -0.160. The van der Waals surface area contributed by atoms with Gasteiger partial charge in [-0.1, -0.05) is 6.42 Å². The molecule has 2 aliphatic heterocycles. The largest absolute Gasteiger partial charge is 0.355 e. The molecule has 0 saturated carbocycles. The summed E-state index contributed by atoms with van der Waals surface area (Å²) in [5.41, 5.74) is 5.68. The highest BCUT2D eigenvalue weighted by Gasteiger charge is 2.25. The molecule has 0 bridgehead atoms. The third-order valence-corrected chi connectivity index (χ3v) is 3.66. The van der Waals surface area contributed by atoms with E-state index in [1.165, 1.54) is 25.8 Å². The van der Waals surface area contributed by atoms with Gasteiger partial charge in [0.2, 0.25) is 0 Å². The number of hydrogen-bond acceptors (Lipinski definition) is 4. The normalized spacial score (nSPS) is 32.8. The summed E-state index contributed by atoms with van der Waals surface area (Å²) in [5, 5.41) is 0. The lowest BCUT2D eigenvalue weighted by atomic mass is 9.98. The van der Waals surface area contributed by atoms with Crippen LogP contribution in [0.3, 0.4) is 0 Å². The Bertz CT molecular complexity index is 193. The summed E-state index contributed by atoms with van der Waals surface area (Å²) in [5.74, 6) is 0. The Morgan fingerprint density at radius 2 is 2.19 bits per heavy atom. The van der Waals surface area contributed by atoms with E-state index in [0.29, 0.717) is 18.9 Å². The van der Waals surface area contributed by atoms with E-state index < -0.39 is 0 Å². The summed E-state index contributed by atoms with van der Waals surface area (Å²) >= 11 is 0. The summed E-state index contributed by atoms with van der Waals surface area (Å²) in [6.07, 6.45) is 6.52. The van der Waals surface area contributed by atoms with Crippen molar-refractivity contribution in [2.45, 2.75) is 44.2 Å². The van der Waals surface area contributed by atoms with E-state index in [1.54, 1.807) is 0 Å². The molecule has 0 aromatic heterocycles.